The van der Waals surface area contributed by atoms with Crippen LogP contribution in [0.2, 0.25) is 10.0 Å². The van der Waals surface area contributed by atoms with E-state index in [1.54, 1.807) is 18.2 Å². The molecule has 11 heteroatoms. The molecule has 0 atom stereocenters. The van der Waals surface area contributed by atoms with Crippen LogP contribution < -0.4 is 4.74 Å². The predicted molar refractivity (Wildman–Crippen MR) is 152 cm³/mol. The molecule has 210 valence electrons. The van der Waals surface area contributed by atoms with E-state index in [0.29, 0.717) is 22.4 Å². The number of halogens is 5. The number of rotatable bonds is 8. The standard InChI is InChI=1S/C30H21Cl2F3N2O3S/c1-41(38,39)21-14-10-19(11-15-21)29-28(18-8-12-20(33)13-9-18)30(40-17-23-25(32)5-3-7-27(23)35)36-37(29)16-22-24(31)4-2-6-26(22)34/h2-15H,16-17H2,1H3. The first-order valence-corrected chi connectivity index (χ1v) is 14.8. The van der Waals surface area contributed by atoms with Crippen LogP contribution in [0.4, 0.5) is 13.2 Å². The molecule has 0 saturated carbocycles. The average molecular weight is 617 g/mol. The van der Waals surface area contributed by atoms with Crippen LogP contribution in [0.3, 0.4) is 0 Å². The van der Waals surface area contributed by atoms with Crippen molar-refractivity contribution in [1.29, 1.82) is 0 Å². The lowest BCUT2D eigenvalue weighted by Gasteiger charge is -2.12. The van der Waals surface area contributed by atoms with Gasteiger partial charge in [-0.2, -0.15) is 0 Å². The summed E-state index contributed by atoms with van der Waals surface area (Å²) in [5, 5.41) is 4.92. The zero-order chi connectivity index (χ0) is 29.3. The van der Waals surface area contributed by atoms with E-state index in [1.807, 2.05) is 0 Å². The Hall–Kier alpha value is -3.79. The molecule has 0 aliphatic rings. The van der Waals surface area contributed by atoms with Crippen molar-refractivity contribution in [2.24, 2.45) is 0 Å². The molecule has 41 heavy (non-hydrogen) atoms. The number of ether oxygens (including phenoxy) is 1. The molecule has 0 unspecified atom stereocenters. The quantitative estimate of drug-likeness (QED) is 0.177. The molecule has 0 amide bonds. The van der Waals surface area contributed by atoms with Gasteiger partial charge in [-0.1, -0.05) is 59.6 Å². The number of benzene rings is 4. The molecule has 4 aromatic carbocycles. The van der Waals surface area contributed by atoms with E-state index in [9.17, 15) is 21.6 Å². The summed E-state index contributed by atoms with van der Waals surface area (Å²) in [7, 11) is -3.48. The van der Waals surface area contributed by atoms with Gasteiger partial charge in [-0.15, -0.1) is 5.10 Å². The van der Waals surface area contributed by atoms with Crippen molar-refractivity contribution >= 4 is 33.0 Å². The molecule has 0 bridgehead atoms. The first-order chi connectivity index (χ1) is 19.5. The molecule has 5 aromatic rings. The molecule has 1 heterocycles. The summed E-state index contributed by atoms with van der Waals surface area (Å²) in [6.45, 7) is -0.420. The lowest BCUT2D eigenvalue weighted by Crippen LogP contribution is -2.07. The van der Waals surface area contributed by atoms with Crippen molar-refractivity contribution in [2.45, 2.75) is 18.0 Å². The van der Waals surface area contributed by atoms with E-state index < -0.39 is 27.3 Å². The highest BCUT2D eigenvalue weighted by molar-refractivity contribution is 7.90. The van der Waals surface area contributed by atoms with Crippen molar-refractivity contribution < 1.29 is 26.3 Å². The SMILES string of the molecule is CS(=O)(=O)c1ccc(-c2c(-c3ccc(F)cc3)c(OCc3c(F)cccc3Cl)nn2Cc2c(F)cccc2Cl)cc1. The Bertz CT molecular complexity index is 1800. The Morgan fingerprint density at radius 3 is 1.90 bits per heavy atom. The maximum Gasteiger partial charge on any atom is 0.241 e. The minimum absolute atomic E-state index is 0.0329. The van der Waals surface area contributed by atoms with E-state index in [0.717, 1.165) is 6.26 Å². The first kappa shape index (κ1) is 28.7. The number of sulfone groups is 1. The number of aromatic nitrogens is 2. The lowest BCUT2D eigenvalue weighted by atomic mass is 10.0. The van der Waals surface area contributed by atoms with Crippen LogP contribution in [0.5, 0.6) is 5.88 Å². The fourth-order valence-electron chi connectivity index (χ4n) is 4.33. The third-order valence-electron chi connectivity index (χ3n) is 6.39. The zero-order valence-electron chi connectivity index (χ0n) is 21.4. The lowest BCUT2D eigenvalue weighted by molar-refractivity contribution is 0.285. The topological polar surface area (TPSA) is 61.2 Å². The Balaban J connectivity index is 1.72. The van der Waals surface area contributed by atoms with Crippen LogP contribution in [0.1, 0.15) is 11.1 Å². The van der Waals surface area contributed by atoms with Gasteiger partial charge in [0.25, 0.3) is 0 Å². The molecule has 0 aliphatic carbocycles. The van der Waals surface area contributed by atoms with Crippen LogP contribution in [0.15, 0.2) is 89.8 Å². The summed E-state index contributed by atoms with van der Waals surface area (Å²) < 4.78 is 75.0. The van der Waals surface area contributed by atoms with Gasteiger partial charge in [-0.05, 0) is 54.1 Å². The van der Waals surface area contributed by atoms with Gasteiger partial charge in [0.2, 0.25) is 5.88 Å². The maximum absolute atomic E-state index is 14.9. The molecule has 0 N–H and O–H groups in total. The van der Waals surface area contributed by atoms with E-state index in [1.165, 1.54) is 71.4 Å². The summed E-state index contributed by atoms with van der Waals surface area (Å²) in [5.74, 6) is -1.57. The highest BCUT2D eigenvalue weighted by Crippen LogP contribution is 2.41. The Labute approximate surface area is 244 Å². The summed E-state index contributed by atoms with van der Waals surface area (Å²) in [6, 6.07) is 20.1. The van der Waals surface area contributed by atoms with Gasteiger partial charge in [-0.25, -0.2) is 21.6 Å². The molecule has 0 aliphatic heterocycles. The fraction of sp³-hybridized carbons (Fsp3) is 0.100. The number of nitrogens with zero attached hydrogens (tertiary/aromatic N) is 2. The van der Waals surface area contributed by atoms with Gasteiger partial charge in [0.15, 0.2) is 9.84 Å². The summed E-state index contributed by atoms with van der Waals surface area (Å²) >= 11 is 12.5. The molecule has 0 saturated heterocycles. The summed E-state index contributed by atoms with van der Waals surface area (Å²) in [6.07, 6.45) is 1.09. The Morgan fingerprint density at radius 1 is 0.780 bits per heavy atom. The van der Waals surface area contributed by atoms with Crippen molar-refractivity contribution in [3.8, 4) is 28.3 Å². The number of hydrogen-bond acceptors (Lipinski definition) is 4. The second kappa shape index (κ2) is 11.6. The largest absolute Gasteiger partial charge is 0.471 e. The third-order valence-corrected chi connectivity index (χ3v) is 8.23. The molecule has 0 fully saturated rings. The predicted octanol–water partition coefficient (Wildman–Crippen LogP) is 7.97. The minimum Gasteiger partial charge on any atom is -0.471 e. The van der Waals surface area contributed by atoms with Crippen LogP contribution in [-0.4, -0.2) is 24.5 Å². The fourth-order valence-corrected chi connectivity index (χ4v) is 5.40. The second-order valence-corrected chi connectivity index (χ2v) is 12.0. The van der Waals surface area contributed by atoms with Gasteiger partial charge in [0.1, 0.15) is 24.1 Å². The van der Waals surface area contributed by atoms with Crippen molar-refractivity contribution in [3.63, 3.8) is 0 Å². The van der Waals surface area contributed by atoms with Crippen molar-refractivity contribution in [1.82, 2.24) is 9.78 Å². The third kappa shape index (κ3) is 6.12. The summed E-state index contributed by atoms with van der Waals surface area (Å²) in [5.41, 5.74) is 2.05. The Kier molecular flexibility index (Phi) is 8.13. The van der Waals surface area contributed by atoms with Gasteiger partial charge in [-0.3, -0.25) is 4.68 Å². The molecule has 1 aromatic heterocycles. The van der Waals surface area contributed by atoms with E-state index in [4.69, 9.17) is 27.9 Å². The summed E-state index contributed by atoms with van der Waals surface area (Å²) in [4.78, 5) is 0.0958. The van der Waals surface area contributed by atoms with E-state index in [2.05, 4.69) is 5.10 Å². The van der Waals surface area contributed by atoms with Crippen molar-refractivity contribution in [2.75, 3.05) is 6.26 Å². The average Bonchev–Trinajstić information content (AvgIpc) is 3.28. The van der Waals surface area contributed by atoms with Gasteiger partial charge in [0, 0.05) is 28.0 Å². The highest BCUT2D eigenvalue weighted by atomic mass is 35.5. The minimum atomic E-state index is -3.48. The van der Waals surface area contributed by atoms with Crippen LogP contribution in [0, 0.1) is 17.5 Å². The maximum atomic E-state index is 14.9. The normalized spacial score (nSPS) is 11.6. The molecule has 5 nitrogen and oxygen atoms in total. The van der Waals surface area contributed by atoms with Crippen LogP contribution in [-0.2, 0) is 23.0 Å². The van der Waals surface area contributed by atoms with Gasteiger partial charge >= 0.3 is 0 Å². The monoisotopic (exact) mass is 616 g/mol. The first-order valence-electron chi connectivity index (χ1n) is 12.2. The smallest absolute Gasteiger partial charge is 0.241 e. The van der Waals surface area contributed by atoms with Crippen molar-refractivity contribution in [3.05, 3.63) is 124 Å². The van der Waals surface area contributed by atoms with E-state index in [-0.39, 0.29) is 45.1 Å². The van der Waals surface area contributed by atoms with Gasteiger partial charge < -0.3 is 4.74 Å². The second-order valence-electron chi connectivity index (χ2n) is 9.18. The van der Waals surface area contributed by atoms with E-state index >= 15 is 0 Å². The molecular formula is C30H21Cl2F3N2O3S. The zero-order valence-corrected chi connectivity index (χ0v) is 23.7. The van der Waals surface area contributed by atoms with Crippen LogP contribution in [0.25, 0.3) is 22.4 Å². The number of hydrogen-bond donors (Lipinski definition) is 0. The molecule has 0 radical (unpaired) electrons. The highest BCUT2D eigenvalue weighted by Gasteiger charge is 2.25. The molecule has 0 spiro atoms. The molecular weight excluding hydrogens is 596 g/mol. The van der Waals surface area contributed by atoms with Gasteiger partial charge in [0.05, 0.1) is 27.7 Å². The Morgan fingerprint density at radius 2 is 1.34 bits per heavy atom. The molecule has 5 rings (SSSR count). The van der Waals surface area contributed by atoms with Crippen LogP contribution >= 0.6 is 23.2 Å².